The second kappa shape index (κ2) is 6.70. The number of carbonyl (C=O) groups excluding carboxylic acids is 1. The van der Waals surface area contributed by atoms with Crippen molar-refractivity contribution in [2.24, 2.45) is 0 Å². The minimum Gasteiger partial charge on any atom is -0.379 e. The number of nitrogens with zero attached hydrogens (tertiary/aromatic N) is 2. The molecule has 5 nitrogen and oxygen atoms in total. The third-order valence-electron chi connectivity index (χ3n) is 3.37. The lowest BCUT2D eigenvalue weighted by molar-refractivity contribution is -0.122. The van der Waals surface area contributed by atoms with E-state index in [-0.39, 0.29) is 11.9 Å². The molecule has 1 amide bonds. The van der Waals surface area contributed by atoms with Crippen LogP contribution in [0.5, 0.6) is 0 Å². The smallest absolute Gasteiger partial charge is 0.222 e. The van der Waals surface area contributed by atoms with Crippen molar-refractivity contribution >= 4 is 5.91 Å². The van der Waals surface area contributed by atoms with E-state index in [1.165, 1.54) is 0 Å². The van der Waals surface area contributed by atoms with Crippen LogP contribution in [-0.2, 0) is 16.1 Å². The van der Waals surface area contributed by atoms with Gasteiger partial charge in [-0.3, -0.25) is 4.79 Å². The number of aryl methyl sites for hydroxylation is 1. The Bertz CT molecular complexity index is 409. The van der Waals surface area contributed by atoms with Gasteiger partial charge >= 0.3 is 0 Å². The summed E-state index contributed by atoms with van der Waals surface area (Å²) in [4.78, 5) is 16.2. The van der Waals surface area contributed by atoms with E-state index in [0.717, 1.165) is 25.3 Å². The topological polar surface area (TPSA) is 56.2 Å². The van der Waals surface area contributed by atoms with E-state index in [0.29, 0.717) is 25.5 Å². The fourth-order valence-corrected chi connectivity index (χ4v) is 2.39. The molecule has 0 saturated carbocycles. The molecule has 0 bridgehead atoms. The quantitative estimate of drug-likeness (QED) is 0.881. The lowest BCUT2D eigenvalue weighted by Gasteiger charge is -2.23. The molecule has 2 heterocycles. The Morgan fingerprint density at radius 3 is 3.16 bits per heavy atom. The predicted octanol–water partition coefficient (Wildman–Crippen LogP) is 1.69. The molecule has 0 spiro atoms. The summed E-state index contributed by atoms with van der Waals surface area (Å²) in [5.74, 6) is 1.51. The number of hydrogen-bond acceptors (Lipinski definition) is 3. The molecule has 1 aromatic rings. The van der Waals surface area contributed by atoms with Gasteiger partial charge in [0.05, 0.1) is 12.6 Å². The molecule has 106 valence electrons. The van der Waals surface area contributed by atoms with E-state index in [1.807, 2.05) is 6.20 Å². The normalized spacial score (nSPS) is 19.6. The Labute approximate surface area is 114 Å². The van der Waals surface area contributed by atoms with Crippen molar-refractivity contribution in [2.45, 2.75) is 51.6 Å². The lowest BCUT2D eigenvalue weighted by atomic mass is 10.1. The molecule has 1 N–H and O–H groups in total. The molecule has 2 rings (SSSR count). The predicted molar refractivity (Wildman–Crippen MR) is 72.9 cm³/mol. The van der Waals surface area contributed by atoms with Gasteiger partial charge in [0.1, 0.15) is 5.82 Å². The van der Waals surface area contributed by atoms with Crippen molar-refractivity contribution in [3.8, 4) is 0 Å². The molecule has 1 atom stereocenters. The van der Waals surface area contributed by atoms with Crippen LogP contribution in [0.25, 0.3) is 0 Å². The van der Waals surface area contributed by atoms with E-state index in [4.69, 9.17) is 4.74 Å². The van der Waals surface area contributed by atoms with Gasteiger partial charge < -0.3 is 14.6 Å². The van der Waals surface area contributed by atoms with Crippen LogP contribution in [0, 0.1) is 0 Å². The van der Waals surface area contributed by atoms with E-state index in [9.17, 15) is 4.79 Å². The van der Waals surface area contributed by atoms with Crippen LogP contribution in [0.2, 0.25) is 0 Å². The standard InChI is InChI=1S/C14H23N3O2/c1-11(2)14-15-6-8-17(14)7-5-13(18)16-12-4-3-9-19-10-12/h6,8,11-12H,3-5,7,9-10H2,1-2H3,(H,16,18)/t12-/m1/s1. The summed E-state index contributed by atoms with van der Waals surface area (Å²) in [7, 11) is 0. The van der Waals surface area contributed by atoms with E-state index >= 15 is 0 Å². The molecule has 0 radical (unpaired) electrons. The highest BCUT2D eigenvalue weighted by Crippen LogP contribution is 2.12. The highest BCUT2D eigenvalue weighted by atomic mass is 16.5. The molecule has 19 heavy (non-hydrogen) atoms. The first kappa shape index (κ1) is 14.1. The van der Waals surface area contributed by atoms with E-state index in [2.05, 4.69) is 28.7 Å². The van der Waals surface area contributed by atoms with Crippen LogP contribution in [0.15, 0.2) is 12.4 Å². The minimum atomic E-state index is 0.0962. The van der Waals surface area contributed by atoms with Gasteiger partial charge in [-0.15, -0.1) is 0 Å². The van der Waals surface area contributed by atoms with Crippen molar-refractivity contribution in [1.29, 1.82) is 0 Å². The average molecular weight is 265 g/mol. The number of nitrogens with one attached hydrogen (secondary N) is 1. The Balaban J connectivity index is 1.78. The van der Waals surface area contributed by atoms with Crippen molar-refractivity contribution in [3.63, 3.8) is 0 Å². The van der Waals surface area contributed by atoms with Gasteiger partial charge in [-0.25, -0.2) is 4.98 Å². The summed E-state index contributed by atoms with van der Waals surface area (Å²) >= 11 is 0. The molecular formula is C14H23N3O2. The van der Waals surface area contributed by atoms with Crippen LogP contribution in [0.3, 0.4) is 0 Å². The highest BCUT2D eigenvalue weighted by molar-refractivity contribution is 5.76. The molecule has 0 aromatic carbocycles. The Kier molecular flexibility index (Phi) is 4.96. The average Bonchev–Trinajstić information content (AvgIpc) is 2.86. The van der Waals surface area contributed by atoms with Gasteiger partial charge in [0, 0.05) is 37.9 Å². The number of aromatic nitrogens is 2. The molecule has 5 heteroatoms. The lowest BCUT2D eigenvalue weighted by Crippen LogP contribution is -2.40. The van der Waals surface area contributed by atoms with Crippen molar-refractivity contribution < 1.29 is 9.53 Å². The summed E-state index contributed by atoms with van der Waals surface area (Å²) in [6, 6.07) is 0.189. The van der Waals surface area contributed by atoms with Gasteiger partial charge in [0.2, 0.25) is 5.91 Å². The zero-order valence-electron chi connectivity index (χ0n) is 11.8. The van der Waals surface area contributed by atoms with Gasteiger partial charge in [-0.1, -0.05) is 13.8 Å². The van der Waals surface area contributed by atoms with Crippen LogP contribution in [0.1, 0.15) is 44.9 Å². The maximum atomic E-state index is 11.9. The molecule has 1 fully saturated rings. The molecule has 1 aromatic heterocycles. The monoisotopic (exact) mass is 265 g/mol. The van der Waals surface area contributed by atoms with Gasteiger partial charge in [-0.05, 0) is 12.8 Å². The summed E-state index contributed by atoms with van der Waals surface area (Å²) in [6.45, 7) is 6.37. The first-order chi connectivity index (χ1) is 9.16. The fourth-order valence-electron chi connectivity index (χ4n) is 2.39. The largest absolute Gasteiger partial charge is 0.379 e. The summed E-state index contributed by atoms with van der Waals surface area (Å²) in [5.41, 5.74) is 0. The number of carbonyl (C=O) groups is 1. The SMILES string of the molecule is CC(C)c1nccn1CCC(=O)N[C@@H]1CCCOC1. The van der Waals surface area contributed by atoms with Gasteiger partial charge in [0.15, 0.2) is 0 Å². The van der Waals surface area contributed by atoms with Crippen LogP contribution in [-0.4, -0.2) is 34.7 Å². The third kappa shape index (κ3) is 4.06. The maximum absolute atomic E-state index is 11.9. The molecule has 0 aliphatic carbocycles. The second-order valence-electron chi connectivity index (χ2n) is 5.37. The zero-order chi connectivity index (χ0) is 13.7. The second-order valence-corrected chi connectivity index (χ2v) is 5.37. The van der Waals surface area contributed by atoms with Crippen LogP contribution >= 0.6 is 0 Å². The first-order valence-electron chi connectivity index (χ1n) is 7.05. The van der Waals surface area contributed by atoms with Gasteiger partial charge in [-0.2, -0.15) is 0 Å². The number of hydrogen-bond donors (Lipinski definition) is 1. The molecule has 0 unspecified atom stereocenters. The highest BCUT2D eigenvalue weighted by Gasteiger charge is 2.16. The molecular weight excluding hydrogens is 242 g/mol. The van der Waals surface area contributed by atoms with Crippen molar-refractivity contribution in [1.82, 2.24) is 14.9 Å². The number of amides is 1. The van der Waals surface area contributed by atoms with Crippen LogP contribution < -0.4 is 5.32 Å². The molecule has 1 aliphatic rings. The third-order valence-corrected chi connectivity index (χ3v) is 3.37. The van der Waals surface area contributed by atoms with Crippen molar-refractivity contribution in [2.75, 3.05) is 13.2 Å². The summed E-state index contributed by atoms with van der Waals surface area (Å²) in [5, 5.41) is 3.03. The van der Waals surface area contributed by atoms with E-state index < -0.39 is 0 Å². The number of rotatable bonds is 5. The summed E-state index contributed by atoms with van der Waals surface area (Å²) < 4.78 is 7.41. The minimum absolute atomic E-state index is 0.0962. The van der Waals surface area contributed by atoms with Crippen LogP contribution in [0.4, 0.5) is 0 Å². The van der Waals surface area contributed by atoms with Crippen molar-refractivity contribution in [3.05, 3.63) is 18.2 Å². The van der Waals surface area contributed by atoms with Gasteiger partial charge in [0.25, 0.3) is 0 Å². The fraction of sp³-hybridized carbons (Fsp3) is 0.714. The van der Waals surface area contributed by atoms with E-state index in [1.54, 1.807) is 6.20 Å². The Morgan fingerprint density at radius 1 is 1.63 bits per heavy atom. The number of ether oxygens (including phenoxy) is 1. The molecule has 1 aliphatic heterocycles. The zero-order valence-corrected chi connectivity index (χ0v) is 11.8. The first-order valence-corrected chi connectivity index (χ1v) is 7.05. The Morgan fingerprint density at radius 2 is 2.47 bits per heavy atom. The number of imidazole rings is 1. The summed E-state index contributed by atoms with van der Waals surface area (Å²) in [6.07, 6.45) is 6.28. The maximum Gasteiger partial charge on any atom is 0.222 e. The Hall–Kier alpha value is -1.36. The molecule has 1 saturated heterocycles.